The minimum absolute atomic E-state index is 0.456. The van der Waals surface area contributed by atoms with E-state index in [1.807, 2.05) is 6.07 Å². The van der Waals surface area contributed by atoms with Crippen LogP contribution in [-0.2, 0) is 0 Å². The van der Waals surface area contributed by atoms with Gasteiger partial charge in [0, 0.05) is 13.0 Å². The van der Waals surface area contributed by atoms with Crippen molar-refractivity contribution in [1.29, 1.82) is 0 Å². The zero-order valence-electron chi connectivity index (χ0n) is 7.14. The van der Waals surface area contributed by atoms with E-state index in [9.17, 15) is 0 Å². The Hall–Kier alpha value is -1.18. The Balaban J connectivity index is 2.06. The van der Waals surface area contributed by atoms with Gasteiger partial charge < -0.3 is 0 Å². The summed E-state index contributed by atoms with van der Waals surface area (Å²) < 4.78 is 0. The van der Waals surface area contributed by atoms with Crippen LogP contribution in [0.15, 0.2) is 40.6 Å². The highest BCUT2D eigenvalue weighted by molar-refractivity contribution is 5.27. The molecule has 0 radical (unpaired) electrons. The van der Waals surface area contributed by atoms with E-state index in [0.29, 0.717) is 12.0 Å². The lowest BCUT2D eigenvalue weighted by Crippen LogP contribution is -1.82. The molecule has 0 saturated heterocycles. The molecule has 2 nitrogen and oxygen atoms in total. The van der Waals surface area contributed by atoms with Gasteiger partial charge in [0.25, 0.3) is 0 Å². The highest BCUT2D eigenvalue weighted by Crippen LogP contribution is 2.43. The molecule has 1 aromatic carbocycles. The Labute approximate surface area is 72.3 Å². The molecule has 1 saturated carbocycles. The third kappa shape index (κ3) is 1.37. The van der Waals surface area contributed by atoms with Gasteiger partial charge in [0.15, 0.2) is 0 Å². The SMILES string of the molecule is CN=NC1CC1c1ccccc1. The van der Waals surface area contributed by atoms with Crippen LogP contribution in [0.3, 0.4) is 0 Å². The van der Waals surface area contributed by atoms with Crippen molar-refractivity contribution in [3.05, 3.63) is 35.9 Å². The van der Waals surface area contributed by atoms with Crippen LogP contribution in [0.1, 0.15) is 17.9 Å². The van der Waals surface area contributed by atoms with Crippen molar-refractivity contribution < 1.29 is 0 Å². The molecule has 0 spiro atoms. The van der Waals surface area contributed by atoms with Crippen LogP contribution in [0.4, 0.5) is 0 Å². The van der Waals surface area contributed by atoms with Crippen molar-refractivity contribution in [2.45, 2.75) is 18.4 Å². The Morgan fingerprint density at radius 1 is 1.25 bits per heavy atom. The molecule has 0 amide bonds. The second-order valence-corrected chi connectivity index (χ2v) is 3.14. The van der Waals surface area contributed by atoms with Crippen LogP contribution in [-0.4, -0.2) is 13.1 Å². The van der Waals surface area contributed by atoms with Gasteiger partial charge in [0.1, 0.15) is 0 Å². The Morgan fingerprint density at radius 2 is 2.00 bits per heavy atom. The Kier molecular flexibility index (Phi) is 1.90. The first-order valence-electron chi connectivity index (χ1n) is 4.25. The van der Waals surface area contributed by atoms with Crippen molar-refractivity contribution in [2.24, 2.45) is 10.2 Å². The van der Waals surface area contributed by atoms with Crippen molar-refractivity contribution in [3.63, 3.8) is 0 Å². The van der Waals surface area contributed by atoms with Crippen molar-refractivity contribution in [1.82, 2.24) is 0 Å². The molecule has 0 heterocycles. The fourth-order valence-corrected chi connectivity index (χ4v) is 1.52. The molecule has 1 fully saturated rings. The van der Waals surface area contributed by atoms with Gasteiger partial charge in [-0.05, 0) is 12.0 Å². The van der Waals surface area contributed by atoms with E-state index < -0.39 is 0 Å². The van der Waals surface area contributed by atoms with E-state index in [1.165, 1.54) is 12.0 Å². The van der Waals surface area contributed by atoms with Gasteiger partial charge in [-0.3, -0.25) is 0 Å². The molecule has 1 aliphatic carbocycles. The molecule has 2 atom stereocenters. The van der Waals surface area contributed by atoms with Crippen LogP contribution in [0.2, 0.25) is 0 Å². The Morgan fingerprint density at radius 3 is 2.67 bits per heavy atom. The smallest absolute Gasteiger partial charge is 0.0783 e. The summed E-state index contributed by atoms with van der Waals surface area (Å²) in [5.74, 6) is 0.634. The van der Waals surface area contributed by atoms with Crippen LogP contribution in [0.25, 0.3) is 0 Å². The summed E-state index contributed by atoms with van der Waals surface area (Å²) in [6.45, 7) is 0. The van der Waals surface area contributed by atoms with E-state index in [1.54, 1.807) is 7.05 Å². The Bertz CT molecular complexity index is 279. The van der Waals surface area contributed by atoms with Gasteiger partial charge in [-0.2, -0.15) is 10.2 Å². The molecule has 62 valence electrons. The monoisotopic (exact) mass is 160 g/mol. The normalized spacial score (nSPS) is 27.8. The molecular weight excluding hydrogens is 148 g/mol. The largest absolute Gasteiger partial charge is 0.197 e. The lowest BCUT2D eigenvalue weighted by atomic mass is 10.1. The quantitative estimate of drug-likeness (QED) is 0.594. The van der Waals surface area contributed by atoms with E-state index in [0.717, 1.165) is 0 Å². The molecule has 2 heteroatoms. The second kappa shape index (κ2) is 3.05. The van der Waals surface area contributed by atoms with Gasteiger partial charge in [0.2, 0.25) is 0 Å². The lowest BCUT2D eigenvalue weighted by Gasteiger charge is -1.94. The molecule has 2 unspecified atom stereocenters. The van der Waals surface area contributed by atoms with Crippen molar-refractivity contribution in [2.75, 3.05) is 7.05 Å². The number of nitrogens with zero attached hydrogens (tertiary/aromatic N) is 2. The molecule has 0 bridgehead atoms. The van der Waals surface area contributed by atoms with Crippen LogP contribution < -0.4 is 0 Å². The zero-order chi connectivity index (χ0) is 8.39. The van der Waals surface area contributed by atoms with Gasteiger partial charge in [-0.1, -0.05) is 30.3 Å². The van der Waals surface area contributed by atoms with Gasteiger partial charge >= 0.3 is 0 Å². The van der Waals surface area contributed by atoms with Gasteiger partial charge in [0.05, 0.1) is 6.04 Å². The lowest BCUT2D eigenvalue weighted by molar-refractivity contribution is 0.892. The first-order chi connectivity index (χ1) is 5.92. The summed E-state index contributed by atoms with van der Waals surface area (Å²) in [7, 11) is 1.74. The van der Waals surface area contributed by atoms with E-state index >= 15 is 0 Å². The van der Waals surface area contributed by atoms with Gasteiger partial charge in [-0.15, -0.1) is 0 Å². The highest BCUT2D eigenvalue weighted by atomic mass is 15.1. The molecule has 1 aliphatic rings. The number of benzene rings is 1. The number of rotatable bonds is 2. The molecule has 0 aliphatic heterocycles. The van der Waals surface area contributed by atoms with Crippen LogP contribution in [0, 0.1) is 0 Å². The van der Waals surface area contributed by atoms with Crippen LogP contribution >= 0.6 is 0 Å². The molecule has 2 rings (SSSR count). The molecule has 0 N–H and O–H groups in total. The number of hydrogen-bond donors (Lipinski definition) is 0. The summed E-state index contributed by atoms with van der Waals surface area (Å²) in [5.41, 5.74) is 1.40. The predicted molar refractivity (Wildman–Crippen MR) is 48.4 cm³/mol. The van der Waals surface area contributed by atoms with E-state index in [4.69, 9.17) is 0 Å². The summed E-state index contributed by atoms with van der Waals surface area (Å²) in [4.78, 5) is 0. The number of azo groups is 1. The average molecular weight is 160 g/mol. The fraction of sp³-hybridized carbons (Fsp3) is 0.400. The maximum absolute atomic E-state index is 4.12. The van der Waals surface area contributed by atoms with Crippen LogP contribution in [0.5, 0.6) is 0 Å². The minimum Gasteiger partial charge on any atom is -0.197 e. The highest BCUT2D eigenvalue weighted by Gasteiger charge is 2.38. The molecule has 1 aromatic rings. The van der Waals surface area contributed by atoms with Crippen molar-refractivity contribution >= 4 is 0 Å². The molecule has 12 heavy (non-hydrogen) atoms. The third-order valence-electron chi connectivity index (χ3n) is 2.25. The van der Waals surface area contributed by atoms with E-state index in [-0.39, 0.29) is 0 Å². The zero-order valence-corrected chi connectivity index (χ0v) is 7.14. The second-order valence-electron chi connectivity index (χ2n) is 3.14. The average Bonchev–Trinajstić information content (AvgIpc) is 2.87. The van der Waals surface area contributed by atoms with Gasteiger partial charge in [-0.25, -0.2) is 0 Å². The summed E-state index contributed by atoms with van der Waals surface area (Å²) >= 11 is 0. The minimum atomic E-state index is 0.456. The van der Waals surface area contributed by atoms with E-state index in [2.05, 4.69) is 34.5 Å². The third-order valence-corrected chi connectivity index (χ3v) is 2.25. The molecule has 0 aromatic heterocycles. The topological polar surface area (TPSA) is 24.7 Å². The first-order valence-corrected chi connectivity index (χ1v) is 4.25. The fourth-order valence-electron chi connectivity index (χ4n) is 1.52. The molecular formula is C10H12N2. The maximum Gasteiger partial charge on any atom is 0.0783 e. The summed E-state index contributed by atoms with van der Waals surface area (Å²) in [5, 5.41) is 7.92. The predicted octanol–water partition coefficient (Wildman–Crippen LogP) is 2.62. The maximum atomic E-state index is 4.12. The van der Waals surface area contributed by atoms with Crippen molar-refractivity contribution in [3.8, 4) is 0 Å². The summed E-state index contributed by atoms with van der Waals surface area (Å²) in [6, 6.07) is 11.0. The number of hydrogen-bond acceptors (Lipinski definition) is 2. The first kappa shape index (κ1) is 7.47. The summed E-state index contributed by atoms with van der Waals surface area (Å²) in [6.07, 6.45) is 1.17. The standard InChI is InChI=1S/C10H12N2/c1-11-12-10-7-9(10)8-5-3-2-4-6-8/h2-6,9-10H,7H2,1H3.